The van der Waals surface area contributed by atoms with Crippen LogP contribution in [0.4, 0.5) is 5.13 Å². The van der Waals surface area contributed by atoms with Gasteiger partial charge in [-0.15, -0.1) is 0 Å². The van der Waals surface area contributed by atoms with E-state index in [9.17, 15) is 4.79 Å². The summed E-state index contributed by atoms with van der Waals surface area (Å²) in [6.45, 7) is 4.49. The molecule has 1 heterocycles. The number of hydrogen-bond acceptors (Lipinski definition) is 4. The molecule has 0 bridgehead atoms. The maximum atomic E-state index is 11.0. The van der Waals surface area contributed by atoms with Gasteiger partial charge in [-0.1, -0.05) is 41.2 Å². The van der Waals surface area contributed by atoms with Crippen molar-refractivity contribution in [1.29, 1.82) is 0 Å². The Balaban J connectivity index is 2.15. The molecule has 1 aromatic carbocycles. The number of carbonyl (C=O) groups is 1. The third kappa shape index (κ3) is 3.12. The first-order valence-electron chi connectivity index (χ1n) is 5.95. The highest BCUT2D eigenvalue weighted by molar-refractivity contribution is 7.17. The first-order valence-corrected chi connectivity index (χ1v) is 6.76. The van der Waals surface area contributed by atoms with E-state index < -0.39 is 5.97 Å². The van der Waals surface area contributed by atoms with Crippen molar-refractivity contribution in [3.8, 4) is 0 Å². The number of aryl methyl sites for hydroxylation is 2. The number of hydrogen-bond donors (Lipinski definition) is 1. The van der Waals surface area contributed by atoms with Crippen LogP contribution in [-0.4, -0.2) is 23.1 Å². The number of aromatic nitrogens is 1. The number of carboxylic acids is 1. The number of benzene rings is 1. The first-order chi connectivity index (χ1) is 8.97. The predicted octanol–water partition coefficient (Wildman–Crippen LogP) is 3.09. The summed E-state index contributed by atoms with van der Waals surface area (Å²) in [5, 5.41) is 9.76. The molecular formula is C14H16N2O2S. The van der Waals surface area contributed by atoms with Crippen molar-refractivity contribution in [3.05, 3.63) is 46.0 Å². The number of nitrogens with zero attached hydrogens (tertiary/aromatic N) is 2. The van der Waals surface area contributed by atoms with Crippen LogP contribution in [0.5, 0.6) is 0 Å². The standard InChI is InChI=1S/C14H16N2O2S/c1-9-4-6-11(7-5-9)8-16(3)14-15-10(2)12(19-14)13(17)18/h4-7H,8H2,1-3H3,(H,17,18). The summed E-state index contributed by atoms with van der Waals surface area (Å²) in [7, 11) is 1.92. The Hall–Kier alpha value is -1.88. The zero-order chi connectivity index (χ0) is 14.0. The molecule has 100 valence electrons. The van der Waals surface area contributed by atoms with E-state index in [1.807, 2.05) is 11.9 Å². The van der Waals surface area contributed by atoms with Gasteiger partial charge in [-0.2, -0.15) is 0 Å². The molecule has 0 saturated carbocycles. The van der Waals surface area contributed by atoms with Crippen LogP contribution < -0.4 is 4.90 Å². The lowest BCUT2D eigenvalue weighted by Crippen LogP contribution is -2.15. The highest BCUT2D eigenvalue weighted by Crippen LogP contribution is 2.26. The van der Waals surface area contributed by atoms with Crippen molar-refractivity contribution < 1.29 is 9.90 Å². The summed E-state index contributed by atoms with van der Waals surface area (Å²) < 4.78 is 0. The van der Waals surface area contributed by atoms with Gasteiger partial charge in [0.2, 0.25) is 0 Å². The van der Waals surface area contributed by atoms with Crippen molar-refractivity contribution in [2.45, 2.75) is 20.4 Å². The van der Waals surface area contributed by atoms with Crippen LogP contribution in [0.3, 0.4) is 0 Å². The Kier molecular flexibility index (Phi) is 3.85. The molecular weight excluding hydrogens is 260 g/mol. The highest BCUT2D eigenvalue weighted by atomic mass is 32.1. The molecule has 0 spiro atoms. The number of anilines is 1. The molecule has 4 nitrogen and oxygen atoms in total. The molecule has 0 radical (unpaired) electrons. The second-order valence-corrected chi connectivity index (χ2v) is 5.54. The van der Waals surface area contributed by atoms with E-state index in [1.165, 1.54) is 22.5 Å². The van der Waals surface area contributed by atoms with E-state index in [-0.39, 0.29) is 0 Å². The molecule has 2 aromatic rings. The summed E-state index contributed by atoms with van der Waals surface area (Å²) in [6, 6.07) is 8.28. The van der Waals surface area contributed by atoms with Crippen molar-refractivity contribution in [3.63, 3.8) is 0 Å². The van der Waals surface area contributed by atoms with Crippen molar-refractivity contribution >= 4 is 22.4 Å². The minimum absolute atomic E-state index is 0.311. The molecule has 0 fully saturated rings. The van der Waals surface area contributed by atoms with Gasteiger partial charge in [0.05, 0.1) is 5.69 Å². The van der Waals surface area contributed by atoms with Gasteiger partial charge >= 0.3 is 5.97 Å². The summed E-state index contributed by atoms with van der Waals surface area (Å²) in [5.74, 6) is -0.912. The number of rotatable bonds is 4. The second kappa shape index (κ2) is 5.40. The van der Waals surface area contributed by atoms with Crippen LogP contribution in [0.2, 0.25) is 0 Å². The van der Waals surface area contributed by atoms with Crippen LogP contribution in [0.1, 0.15) is 26.5 Å². The molecule has 19 heavy (non-hydrogen) atoms. The average molecular weight is 276 g/mol. The normalized spacial score (nSPS) is 10.5. The zero-order valence-electron chi connectivity index (χ0n) is 11.2. The fourth-order valence-corrected chi connectivity index (χ4v) is 2.65. The molecule has 1 aromatic heterocycles. The van der Waals surface area contributed by atoms with Gasteiger partial charge < -0.3 is 10.0 Å². The van der Waals surface area contributed by atoms with Crippen molar-refractivity contribution in [2.24, 2.45) is 0 Å². The smallest absolute Gasteiger partial charge is 0.347 e. The van der Waals surface area contributed by atoms with Crippen LogP contribution in [-0.2, 0) is 6.54 Å². The van der Waals surface area contributed by atoms with Gasteiger partial charge in [0.25, 0.3) is 0 Å². The quantitative estimate of drug-likeness (QED) is 0.932. The number of carboxylic acid groups (broad SMARTS) is 1. The summed E-state index contributed by atoms with van der Waals surface area (Å²) in [6.07, 6.45) is 0. The van der Waals surface area contributed by atoms with Crippen LogP contribution in [0.15, 0.2) is 24.3 Å². The second-order valence-electron chi connectivity index (χ2n) is 4.56. The predicted molar refractivity (Wildman–Crippen MR) is 77.1 cm³/mol. The average Bonchev–Trinajstić information content (AvgIpc) is 2.74. The maximum absolute atomic E-state index is 11.0. The molecule has 0 amide bonds. The van der Waals surface area contributed by atoms with E-state index in [4.69, 9.17) is 5.11 Å². The lowest BCUT2D eigenvalue weighted by atomic mass is 10.1. The Morgan fingerprint density at radius 3 is 2.47 bits per heavy atom. The van der Waals surface area contributed by atoms with E-state index in [2.05, 4.69) is 36.2 Å². The summed E-state index contributed by atoms with van der Waals surface area (Å²) >= 11 is 1.21. The lowest BCUT2D eigenvalue weighted by molar-refractivity contribution is 0.0701. The van der Waals surface area contributed by atoms with Gasteiger partial charge in [0, 0.05) is 13.6 Å². The Morgan fingerprint density at radius 2 is 1.95 bits per heavy atom. The molecule has 2 rings (SSSR count). The van der Waals surface area contributed by atoms with Crippen LogP contribution in [0.25, 0.3) is 0 Å². The van der Waals surface area contributed by atoms with Crippen molar-refractivity contribution in [1.82, 2.24) is 4.98 Å². The molecule has 0 aliphatic rings. The summed E-state index contributed by atoms with van der Waals surface area (Å²) in [5.41, 5.74) is 2.98. The fraction of sp³-hybridized carbons (Fsp3) is 0.286. The topological polar surface area (TPSA) is 53.4 Å². The van der Waals surface area contributed by atoms with Crippen LogP contribution in [0, 0.1) is 13.8 Å². The van der Waals surface area contributed by atoms with E-state index in [0.29, 0.717) is 17.1 Å². The third-order valence-electron chi connectivity index (χ3n) is 2.85. The largest absolute Gasteiger partial charge is 0.477 e. The molecule has 0 unspecified atom stereocenters. The lowest BCUT2D eigenvalue weighted by Gasteiger charge is -2.15. The minimum atomic E-state index is -0.912. The number of aromatic carboxylic acids is 1. The fourth-order valence-electron chi connectivity index (χ4n) is 1.78. The SMILES string of the molecule is Cc1ccc(CN(C)c2nc(C)c(C(=O)O)s2)cc1. The molecule has 5 heteroatoms. The van der Waals surface area contributed by atoms with E-state index in [1.54, 1.807) is 6.92 Å². The maximum Gasteiger partial charge on any atom is 0.347 e. The Morgan fingerprint density at radius 1 is 1.32 bits per heavy atom. The van der Waals surface area contributed by atoms with E-state index in [0.717, 1.165) is 5.13 Å². The molecule has 0 aliphatic heterocycles. The third-order valence-corrected chi connectivity index (χ3v) is 4.11. The monoisotopic (exact) mass is 276 g/mol. The summed E-state index contributed by atoms with van der Waals surface area (Å²) in [4.78, 5) is 17.6. The molecule has 1 N–H and O–H groups in total. The Bertz CT molecular complexity index is 590. The van der Waals surface area contributed by atoms with Gasteiger partial charge in [-0.3, -0.25) is 0 Å². The molecule has 0 saturated heterocycles. The highest BCUT2D eigenvalue weighted by Gasteiger charge is 2.16. The minimum Gasteiger partial charge on any atom is -0.477 e. The van der Waals surface area contributed by atoms with Gasteiger partial charge in [0.15, 0.2) is 5.13 Å². The van der Waals surface area contributed by atoms with Gasteiger partial charge in [-0.05, 0) is 19.4 Å². The van der Waals surface area contributed by atoms with Crippen molar-refractivity contribution in [2.75, 3.05) is 11.9 Å². The van der Waals surface area contributed by atoms with Crippen LogP contribution >= 0.6 is 11.3 Å². The zero-order valence-corrected chi connectivity index (χ0v) is 12.0. The Labute approximate surface area is 116 Å². The number of thiazole rings is 1. The van der Waals surface area contributed by atoms with Gasteiger partial charge in [-0.25, -0.2) is 9.78 Å². The van der Waals surface area contributed by atoms with Gasteiger partial charge in [0.1, 0.15) is 4.88 Å². The molecule has 0 aliphatic carbocycles. The molecule has 0 atom stereocenters. The van der Waals surface area contributed by atoms with E-state index >= 15 is 0 Å². The first kappa shape index (κ1) is 13.5.